The van der Waals surface area contributed by atoms with E-state index in [-0.39, 0.29) is 0 Å². The molecule has 0 bridgehead atoms. The molecule has 2 fully saturated rings. The van der Waals surface area contributed by atoms with Crippen LogP contribution in [0.4, 0.5) is 0 Å². The summed E-state index contributed by atoms with van der Waals surface area (Å²) >= 11 is 0. The average molecular weight is 332 g/mol. The molecule has 0 aromatic heterocycles. The lowest BCUT2D eigenvalue weighted by Gasteiger charge is -2.33. The molecule has 2 heterocycles. The Morgan fingerprint density at radius 1 is 1.04 bits per heavy atom. The van der Waals surface area contributed by atoms with Crippen molar-refractivity contribution < 1.29 is 4.74 Å². The number of para-hydroxylation sites is 1. The summed E-state index contributed by atoms with van der Waals surface area (Å²) in [4.78, 5) is 7.44. The van der Waals surface area contributed by atoms with Gasteiger partial charge in [0.15, 0.2) is 0 Å². The van der Waals surface area contributed by atoms with Crippen molar-refractivity contribution in [3.05, 3.63) is 29.8 Å². The Hall–Kier alpha value is -1.14. The second kappa shape index (κ2) is 8.81. The minimum Gasteiger partial charge on any atom is -0.492 e. The maximum atomic E-state index is 6.12. The minimum absolute atomic E-state index is 0.333. The molecule has 0 spiro atoms. The summed E-state index contributed by atoms with van der Waals surface area (Å²) in [5, 5.41) is 0. The largest absolute Gasteiger partial charge is 0.492 e. The molecule has 134 valence electrons. The van der Waals surface area contributed by atoms with Crippen molar-refractivity contribution in [2.75, 3.05) is 59.0 Å². The molecule has 0 saturated carbocycles. The first-order valence-electron chi connectivity index (χ1n) is 9.38. The molecule has 2 N–H and O–H groups in total. The van der Waals surface area contributed by atoms with Crippen LogP contribution >= 0.6 is 0 Å². The van der Waals surface area contributed by atoms with Gasteiger partial charge < -0.3 is 15.4 Å². The lowest BCUT2D eigenvalue weighted by atomic mass is 10.2. The standard InChI is InChI=1S/C19H32N4O/c1-2-21-9-11-22(12-10-21)13-14-24-19-6-4-3-5-17(19)15-23-8-7-18(20)16-23/h3-6,18H,2,7-16,20H2,1H3. The molecule has 2 aliphatic heterocycles. The Bertz CT molecular complexity index is 502. The first-order chi connectivity index (χ1) is 11.7. The molecular formula is C19H32N4O. The summed E-state index contributed by atoms with van der Waals surface area (Å²) in [5.74, 6) is 1.03. The molecule has 2 saturated heterocycles. The van der Waals surface area contributed by atoms with Gasteiger partial charge >= 0.3 is 0 Å². The van der Waals surface area contributed by atoms with Crippen LogP contribution in [0.15, 0.2) is 24.3 Å². The van der Waals surface area contributed by atoms with Gasteiger partial charge in [0.05, 0.1) is 0 Å². The van der Waals surface area contributed by atoms with Gasteiger partial charge in [0.2, 0.25) is 0 Å². The Morgan fingerprint density at radius 3 is 2.50 bits per heavy atom. The van der Waals surface area contributed by atoms with Gasteiger partial charge in [0.25, 0.3) is 0 Å². The van der Waals surface area contributed by atoms with Gasteiger partial charge in [-0.3, -0.25) is 9.80 Å². The van der Waals surface area contributed by atoms with Gasteiger partial charge in [-0.15, -0.1) is 0 Å². The van der Waals surface area contributed by atoms with Crippen molar-refractivity contribution in [2.24, 2.45) is 5.73 Å². The average Bonchev–Trinajstić information content (AvgIpc) is 3.02. The molecule has 0 amide bonds. The molecule has 24 heavy (non-hydrogen) atoms. The summed E-state index contributed by atoms with van der Waals surface area (Å²) in [6.45, 7) is 12.9. The number of hydrogen-bond donors (Lipinski definition) is 1. The Balaban J connectivity index is 1.45. The van der Waals surface area contributed by atoms with Crippen LogP contribution < -0.4 is 10.5 Å². The quantitative estimate of drug-likeness (QED) is 0.814. The highest BCUT2D eigenvalue weighted by molar-refractivity contribution is 5.33. The van der Waals surface area contributed by atoms with E-state index in [1.807, 2.05) is 0 Å². The van der Waals surface area contributed by atoms with Gasteiger partial charge in [-0.2, -0.15) is 0 Å². The van der Waals surface area contributed by atoms with Crippen molar-refractivity contribution in [2.45, 2.75) is 25.9 Å². The Morgan fingerprint density at radius 2 is 1.79 bits per heavy atom. The van der Waals surface area contributed by atoms with Crippen LogP contribution in [0, 0.1) is 0 Å². The highest BCUT2D eigenvalue weighted by Crippen LogP contribution is 2.21. The lowest BCUT2D eigenvalue weighted by molar-refractivity contribution is 0.120. The van der Waals surface area contributed by atoms with E-state index in [2.05, 4.69) is 45.9 Å². The third-order valence-corrected chi connectivity index (χ3v) is 5.25. The zero-order valence-electron chi connectivity index (χ0n) is 15.0. The molecule has 5 heteroatoms. The zero-order valence-corrected chi connectivity index (χ0v) is 15.0. The number of ether oxygens (including phenoxy) is 1. The molecule has 5 nitrogen and oxygen atoms in total. The number of nitrogens with zero attached hydrogens (tertiary/aromatic N) is 3. The van der Waals surface area contributed by atoms with E-state index < -0.39 is 0 Å². The number of nitrogens with two attached hydrogens (primary N) is 1. The third kappa shape index (κ3) is 4.93. The van der Waals surface area contributed by atoms with Gasteiger partial charge in [0, 0.05) is 64.0 Å². The van der Waals surface area contributed by atoms with E-state index in [1.165, 1.54) is 18.7 Å². The smallest absolute Gasteiger partial charge is 0.123 e. The summed E-state index contributed by atoms with van der Waals surface area (Å²) in [6.07, 6.45) is 1.10. The van der Waals surface area contributed by atoms with E-state index in [0.29, 0.717) is 6.04 Å². The van der Waals surface area contributed by atoms with Crippen molar-refractivity contribution >= 4 is 0 Å². The number of rotatable bonds is 7. The SMILES string of the molecule is CCN1CCN(CCOc2ccccc2CN2CCC(N)C2)CC1. The first-order valence-corrected chi connectivity index (χ1v) is 9.38. The van der Waals surface area contributed by atoms with E-state index >= 15 is 0 Å². The molecule has 1 unspecified atom stereocenters. The van der Waals surface area contributed by atoms with Crippen molar-refractivity contribution in [3.63, 3.8) is 0 Å². The van der Waals surface area contributed by atoms with Crippen LogP contribution in [0.25, 0.3) is 0 Å². The second-order valence-corrected chi connectivity index (χ2v) is 7.02. The fourth-order valence-corrected chi connectivity index (χ4v) is 3.64. The monoisotopic (exact) mass is 332 g/mol. The van der Waals surface area contributed by atoms with E-state index in [9.17, 15) is 0 Å². The van der Waals surface area contributed by atoms with Crippen LogP contribution in [-0.2, 0) is 6.54 Å². The fourth-order valence-electron chi connectivity index (χ4n) is 3.64. The highest BCUT2D eigenvalue weighted by Gasteiger charge is 2.20. The molecule has 1 aromatic rings. The fraction of sp³-hybridized carbons (Fsp3) is 0.684. The molecule has 2 aliphatic rings. The van der Waals surface area contributed by atoms with Gasteiger partial charge in [-0.05, 0) is 19.0 Å². The summed E-state index contributed by atoms with van der Waals surface area (Å²) in [6, 6.07) is 8.77. The summed E-state index contributed by atoms with van der Waals surface area (Å²) in [7, 11) is 0. The van der Waals surface area contributed by atoms with Crippen LogP contribution in [0.5, 0.6) is 5.75 Å². The van der Waals surface area contributed by atoms with E-state index in [0.717, 1.165) is 64.6 Å². The maximum absolute atomic E-state index is 6.12. The number of hydrogen-bond acceptors (Lipinski definition) is 5. The highest BCUT2D eigenvalue weighted by atomic mass is 16.5. The van der Waals surface area contributed by atoms with Crippen molar-refractivity contribution in [3.8, 4) is 5.75 Å². The van der Waals surface area contributed by atoms with Crippen LogP contribution in [0.1, 0.15) is 18.9 Å². The second-order valence-electron chi connectivity index (χ2n) is 7.02. The minimum atomic E-state index is 0.333. The summed E-state index contributed by atoms with van der Waals surface area (Å²) < 4.78 is 6.12. The van der Waals surface area contributed by atoms with Crippen molar-refractivity contribution in [1.82, 2.24) is 14.7 Å². The number of likely N-dealkylation sites (tertiary alicyclic amines) is 1. The molecule has 3 rings (SSSR count). The predicted molar refractivity (Wildman–Crippen MR) is 98.4 cm³/mol. The number of likely N-dealkylation sites (N-methyl/N-ethyl adjacent to an activating group) is 1. The van der Waals surface area contributed by atoms with Crippen LogP contribution in [0.3, 0.4) is 0 Å². The normalized spacial score (nSPS) is 23.7. The maximum Gasteiger partial charge on any atom is 0.123 e. The van der Waals surface area contributed by atoms with Gasteiger partial charge in [-0.1, -0.05) is 25.1 Å². The third-order valence-electron chi connectivity index (χ3n) is 5.25. The summed E-state index contributed by atoms with van der Waals surface area (Å²) in [5.41, 5.74) is 7.30. The predicted octanol–water partition coefficient (Wildman–Crippen LogP) is 1.24. The van der Waals surface area contributed by atoms with Crippen molar-refractivity contribution in [1.29, 1.82) is 0 Å². The van der Waals surface area contributed by atoms with Crippen LogP contribution in [-0.4, -0.2) is 79.7 Å². The van der Waals surface area contributed by atoms with Gasteiger partial charge in [0.1, 0.15) is 12.4 Å². The van der Waals surface area contributed by atoms with E-state index in [1.54, 1.807) is 0 Å². The molecule has 1 aromatic carbocycles. The molecule has 0 radical (unpaired) electrons. The molecular weight excluding hydrogens is 300 g/mol. The van der Waals surface area contributed by atoms with Crippen LogP contribution in [0.2, 0.25) is 0 Å². The lowest BCUT2D eigenvalue weighted by Crippen LogP contribution is -2.47. The zero-order chi connectivity index (χ0) is 16.8. The first kappa shape index (κ1) is 17.7. The topological polar surface area (TPSA) is 45.0 Å². The Kier molecular flexibility index (Phi) is 6.49. The van der Waals surface area contributed by atoms with Gasteiger partial charge in [-0.25, -0.2) is 0 Å². The molecule has 0 aliphatic carbocycles. The Labute approximate surface area is 146 Å². The molecule has 1 atom stereocenters. The van der Waals surface area contributed by atoms with E-state index in [4.69, 9.17) is 10.5 Å². The number of piperazine rings is 1. The number of benzene rings is 1.